The predicted octanol–water partition coefficient (Wildman–Crippen LogP) is 5.59. The third kappa shape index (κ3) is 2.99. The molecule has 1 saturated heterocycles. The number of carbonyl (C=O) groups is 1. The molecule has 2 aliphatic carbocycles. The van der Waals surface area contributed by atoms with E-state index in [0.29, 0.717) is 20.9 Å². The molecule has 5 heteroatoms. The van der Waals surface area contributed by atoms with E-state index in [-0.39, 0.29) is 11.8 Å². The highest BCUT2D eigenvalue weighted by molar-refractivity contribution is 8.21. The van der Waals surface area contributed by atoms with Gasteiger partial charge in [-0.15, -0.1) is 23.5 Å². The molecule has 3 aliphatic rings. The monoisotopic (exact) mass is 381 g/mol. The van der Waals surface area contributed by atoms with Crippen molar-refractivity contribution in [2.24, 2.45) is 17.8 Å². The first-order chi connectivity index (χ1) is 11.6. The molecule has 1 aliphatic heterocycles. The summed E-state index contributed by atoms with van der Waals surface area (Å²) in [7, 11) is 0. The summed E-state index contributed by atoms with van der Waals surface area (Å²) in [6.45, 7) is 2.01. The molecule has 1 amide bonds. The first kappa shape index (κ1) is 17.1. The van der Waals surface area contributed by atoms with E-state index in [1.54, 1.807) is 0 Å². The van der Waals surface area contributed by atoms with Gasteiger partial charge in [0, 0.05) is 17.4 Å². The molecule has 1 aromatic rings. The predicted molar refractivity (Wildman–Crippen MR) is 106 cm³/mol. The Kier molecular flexibility index (Phi) is 4.83. The molecule has 2 nitrogen and oxygen atoms in total. The quantitative estimate of drug-likeness (QED) is 0.723. The molecule has 3 fully saturated rings. The van der Waals surface area contributed by atoms with Crippen LogP contribution in [0.1, 0.15) is 37.7 Å². The molecule has 4 rings (SSSR count). The van der Waals surface area contributed by atoms with Crippen molar-refractivity contribution in [3.8, 4) is 0 Å². The lowest BCUT2D eigenvalue weighted by atomic mass is 9.67. The lowest BCUT2D eigenvalue weighted by Gasteiger charge is -2.52. The average molecular weight is 382 g/mol. The van der Waals surface area contributed by atoms with Crippen LogP contribution >= 0.6 is 35.1 Å². The van der Waals surface area contributed by atoms with Crippen molar-refractivity contribution in [2.45, 2.75) is 43.1 Å². The second-order valence-corrected chi connectivity index (χ2v) is 10.8. The average Bonchev–Trinajstić information content (AvgIpc) is 2.99. The normalized spacial score (nSPS) is 31.2. The number of hydrogen-bond donors (Lipinski definition) is 1. The van der Waals surface area contributed by atoms with Gasteiger partial charge in [-0.3, -0.25) is 4.79 Å². The van der Waals surface area contributed by atoms with E-state index in [4.69, 9.17) is 11.6 Å². The fourth-order valence-electron chi connectivity index (χ4n) is 4.78. The summed E-state index contributed by atoms with van der Waals surface area (Å²) >= 11 is 10.7. The van der Waals surface area contributed by atoms with Gasteiger partial charge in [0.05, 0.1) is 14.8 Å². The van der Waals surface area contributed by atoms with E-state index in [0.717, 1.165) is 24.1 Å². The molecule has 1 aromatic carbocycles. The third-order valence-electron chi connectivity index (χ3n) is 5.87. The SMILES string of the molecule is Cc1ccc(NC(=O)C2C[C@H]3CCC[C@H](C2)C32SCCS2)c(Cl)c1. The molecule has 1 spiro atoms. The van der Waals surface area contributed by atoms with Crippen molar-refractivity contribution >= 4 is 46.7 Å². The first-order valence-corrected chi connectivity index (χ1v) is 11.3. The lowest BCUT2D eigenvalue weighted by Crippen LogP contribution is -2.48. The summed E-state index contributed by atoms with van der Waals surface area (Å²) in [5.74, 6) is 4.28. The Labute approximate surface area is 157 Å². The second-order valence-electron chi connectivity index (χ2n) is 7.38. The van der Waals surface area contributed by atoms with E-state index in [9.17, 15) is 4.79 Å². The summed E-state index contributed by atoms with van der Waals surface area (Å²) < 4.78 is 0.427. The number of hydrogen-bond acceptors (Lipinski definition) is 3. The summed E-state index contributed by atoms with van der Waals surface area (Å²) in [6.07, 6.45) is 6.03. The zero-order valence-electron chi connectivity index (χ0n) is 14.0. The van der Waals surface area contributed by atoms with E-state index in [1.807, 2.05) is 25.1 Å². The summed E-state index contributed by atoms with van der Waals surface area (Å²) in [4.78, 5) is 12.9. The van der Waals surface area contributed by atoms with E-state index in [2.05, 4.69) is 28.8 Å². The molecular formula is C19H24ClNOS2. The van der Waals surface area contributed by atoms with Gasteiger partial charge in [0.25, 0.3) is 0 Å². The van der Waals surface area contributed by atoms with Crippen LogP contribution < -0.4 is 5.32 Å². The molecule has 2 atom stereocenters. The van der Waals surface area contributed by atoms with E-state index >= 15 is 0 Å². The maximum atomic E-state index is 12.9. The van der Waals surface area contributed by atoms with Gasteiger partial charge in [0.1, 0.15) is 0 Å². The van der Waals surface area contributed by atoms with Gasteiger partial charge in [-0.1, -0.05) is 24.1 Å². The number of nitrogens with one attached hydrogen (secondary N) is 1. The van der Waals surface area contributed by atoms with Crippen molar-refractivity contribution in [2.75, 3.05) is 16.8 Å². The minimum atomic E-state index is 0.144. The van der Waals surface area contributed by atoms with Crippen LogP contribution in [0.4, 0.5) is 5.69 Å². The Balaban J connectivity index is 1.48. The van der Waals surface area contributed by atoms with Gasteiger partial charge >= 0.3 is 0 Å². The van der Waals surface area contributed by atoms with Crippen LogP contribution in [0.5, 0.6) is 0 Å². The molecule has 0 aromatic heterocycles. The van der Waals surface area contributed by atoms with Crippen molar-refractivity contribution in [3.05, 3.63) is 28.8 Å². The highest BCUT2D eigenvalue weighted by Gasteiger charge is 2.55. The standard InChI is InChI=1S/C19H24ClNOS2/c1-12-5-6-17(16(20)9-12)21-18(22)13-10-14-3-2-4-15(11-13)19(14)23-7-8-24-19/h5-6,9,13-15H,2-4,7-8,10-11H2,1H3,(H,21,22)/t14-,15-/m1/s1. The molecule has 130 valence electrons. The van der Waals surface area contributed by atoms with E-state index < -0.39 is 0 Å². The van der Waals surface area contributed by atoms with Gasteiger partial charge in [0.15, 0.2) is 0 Å². The van der Waals surface area contributed by atoms with Crippen LogP contribution in [0.15, 0.2) is 18.2 Å². The zero-order chi connectivity index (χ0) is 16.7. The van der Waals surface area contributed by atoms with Crippen LogP contribution in [0.3, 0.4) is 0 Å². The number of benzene rings is 1. The third-order valence-corrected chi connectivity index (χ3v) is 10.2. The molecule has 2 bridgehead atoms. The topological polar surface area (TPSA) is 29.1 Å². The lowest BCUT2D eigenvalue weighted by molar-refractivity contribution is -0.122. The van der Waals surface area contributed by atoms with Crippen molar-refractivity contribution in [1.82, 2.24) is 0 Å². The highest BCUT2D eigenvalue weighted by Crippen LogP contribution is 2.64. The Morgan fingerprint density at radius 1 is 1.21 bits per heavy atom. The molecule has 0 radical (unpaired) electrons. The smallest absolute Gasteiger partial charge is 0.227 e. The van der Waals surface area contributed by atoms with E-state index in [1.165, 1.54) is 30.8 Å². The highest BCUT2D eigenvalue weighted by atomic mass is 35.5. The Morgan fingerprint density at radius 3 is 2.50 bits per heavy atom. The number of thioether (sulfide) groups is 2. The molecule has 1 heterocycles. The fourth-order valence-corrected chi connectivity index (χ4v) is 9.00. The second kappa shape index (κ2) is 6.77. The number of anilines is 1. The summed E-state index contributed by atoms with van der Waals surface area (Å²) in [5.41, 5.74) is 1.87. The van der Waals surface area contributed by atoms with Crippen LogP contribution in [0.2, 0.25) is 5.02 Å². The fraction of sp³-hybridized carbons (Fsp3) is 0.632. The number of carbonyl (C=O) groups excluding carboxylic acids is 1. The number of aryl methyl sites for hydroxylation is 1. The van der Waals surface area contributed by atoms with Crippen LogP contribution in [0.25, 0.3) is 0 Å². The van der Waals surface area contributed by atoms with Gasteiger partial charge in [-0.05, 0) is 62.1 Å². The van der Waals surface area contributed by atoms with Gasteiger partial charge in [-0.2, -0.15) is 0 Å². The van der Waals surface area contributed by atoms with Crippen molar-refractivity contribution in [1.29, 1.82) is 0 Å². The molecule has 24 heavy (non-hydrogen) atoms. The summed E-state index contributed by atoms with van der Waals surface area (Å²) in [5, 5.41) is 3.73. The minimum absolute atomic E-state index is 0.144. The van der Waals surface area contributed by atoms with Crippen LogP contribution in [-0.2, 0) is 4.79 Å². The molecule has 2 saturated carbocycles. The van der Waals surface area contributed by atoms with Crippen molar-refractivity contribution in [3.63, 3.8) is 0 Å². The molecular weight excluding hydrogens is 358 g/mol. The Hall–Kier alpha value is -0.320. The molecule has 1 N–H and O–H groups in total. The Bertz CT molecular complexity index is 628. The minimum Gasteiger partial charge on any atom is -0.325 e. The van der Waals surface area contributed by atoms with Gasteiger partial charge in [-0.25, -0.2) is 0 Å². The zero-order valence-corrected chi connectivity index (χ0v) is 16.4. The number of rotatable bonds is 2. The van der Waals surface area contributed by atoms with Gasteiger partial charge < -0.3 is 5.32 Å². The van der Waals surface area contributed by atoms with Crippen molar-refractivity contribution < 1.29 is 4.79 Å². The first-order valence-electron chi connectivity index (χ1n) is 8.93. The largest absolute Gasteiger partial charge is 0.325 e. The maximum absolute atomic E-state index is 12.9. The maximum Gasteiger partial charge on any atom is 0.227 e. The van der Waals surface area contributed by atoms with Gasteiger partial charge in [0.2, 0.25) is 5.91 Å². The Morgan fingerprint density at radius 2 is 1.88 bits per heavy atom. The molecule has 0 unspecified atom stereocenters. The number of amides is 1. The van der Waals surface area contributed by atoms with Crippen LogP contribution in [0, 0.1) is 24.7 Å². The number of halogens is 1. The summed E-state index contributed by atoms with van der Waals surface area (Å²) in [6, 6.07) is 5.83. The van der Waals surface area contributed by atoms with Crippen LogP contribution in [-0.4, -0.2) is 21.5 Å².